The van der Waals surface area contributed by atoms with Crippen LogP contribution in [0, 0.1) is 13.8 Å². The molecule has 0 atom stereocenters. The summed E-state index contributed by atoms with van der Waals surface area (Å²) in [5.41, 5.74) is 4.46. The van der Waals surface area contributed by atoms with Crippen LogP contribution >= 0.6 is 11.6 Å². The lowest BCUT2D eigenvalue weighted by Gasteiger charge is -2.08. The minimum Gasteiger partial charge on any atom is -0.385 e. The first-order chi connectivity index (χ1) is 8.65. The molecule has 2 nitrogen and oxygen atoms in total. The van der Waals surface area contributed by atoms with E-state index in [-0.39, 0.29) is 0 Å². The van der Waals surface area contributed by atoms with Gasteiger partial charge in [0.2, 0.25) is 0 Å². The molecule has 0 spiro atoms. The molecule has 0 fully saturated rings. The van der Waals surface area contributed by atoms with Crippen LogP contribution in [0.25, 0.3) is 0 Å². The Morgan fingerprint density at radius 1 is 1.17 bits per heavy atom. The minimum atomic E-state index is 0.803. The van der Waals surface area contributed by atoms with Crippen LogP contribution < -0.4 is 5.32 Å². The van der Waals surface area contributed by atoms with Crippen LogP contribution in [0.5, 0.6) is 0 Å². The van der Waals surface area contributed by atoms with E-state index in [4.69, 9.17) is 11.6 Å². The molecule has 0 aliphatic heterocycles. The Balaban J connectivity index is 1.88. The van der Waals surface area contributed by atoms with Crippen LogP contribution in [0.1, 0.15) is 16.8 Å². The highest BCUT2D eigenvalue weighted by Crippen LogP contribution is 2.19. The van der Waals surface area contributed by atoms with Gasteiger partial charge in [-0.25, -0.2) is 0 Å². The minimum absolute atomic E-state index is 0.803. The molecule has 1 N–H and O–H groups in total. The Kier molecular flexibility index (Phi) is 4.21. The fraction of sp³-hybridized carbons (Fsp3) is 0.267. The lowest BCUT2D eigenvalue weighted by Crippen LogP contribution is -2.05. The molecule has 1 aromatic heterocycles. The molecular weight excluding hydrogens is 244 g/mol. The zero-order chi connectivity index (χ0) is 13.0. The van der Waals surface area contributed by atoms with Crippen LogP contribution in [-0.4, -0.2) is 11.5 Å². The number of hydrogen-bond acceptors (Lipinski definition) is 2. The van der Waals surface area contributed by atoms with Crippen LogP contribution in [0.3, 0.4) is 0 Å². The van der Waals surface area contributed by atoms with Crippen molar-refractivity contribution in [1.82, 2.24) is 4.98 Å². The Morgan fingerprint density at radius 2 is 2.00 bits per heavy atom. The van der Waals surface area contributed by atoms with Crippen molar-refractivity contribution < 1.29 is 0 Å². The molecule has 3 heteroatoms. The van der Waals surface area contributed by atoms with Crippen molar-refractivity contribution in [3.8, 4) is 0 Å². The zero-order valence-corrected chi connectivity index (χ0v) is 11.5. The highest BCUT2D eigenvalue weighted by atomic mass is 35.5. The van der Waals surface area contributed by atoms with E-state index in [1.807, 2.05) is 38.2 Å². The number of pyridine rings is 1. The molecule has 0 unspecified atom stereocenters. The summed E-state index contributed by atoms with van der Waals surface area (Å²) in [5.74, 6) is 0. The molecule has 0 bridgehead atoms. The van der Waals surface area contributed by atoms with E-state index in [0.717, 1.165) is 34.9 Å². The molecule has 0 aliphatic carbocycles. The van der Waals surface area contributed by atoms with Crippen molar-refractivity contribution in [2.45, 2.75) is 20.3 Å². The van der Waals surface area contributed by atoms with Gasteiger partial charge in [0.05, 0.1) is 0 Å². The highest BCUT2D eigenvalue weighted by Gasteiger charge is 1.98. The predicted molar refractivity (Wildman–Crippen MR) is 77.4 cm³/mol. The fourth-order valence-electron chi connectivity index (χ4n) is 1.70. The summed E-state index contributed by atoms with van der Waals surface area (Å²) in [6.45, 7) is 4.88. The van der Waals surface area contributed by atoms with Crippen molar-refractivity contribution in [1.29, 1.82) is 0 Å². The van der Waals surface area contributed by atoms with Gasteiger partial charge in [-0.05, 0) is 49.6 Å². The maximum Gasteiger partial charge on any atom is 0.0455 e. The molecule has 2 aromatic rings. The summed E-state index contributed by atoms with van der Waals surface area (Å²) >= 11 is 6.08. The molecule has 1 aromatic carbocycles. The number of halogens is 1. The summed E-state index contributed by atoms with van der Waals surface area (Å²) in [6, 6.07) is 10.2. The number of aryl methyl sites for hydroxylation is 2. The normalized spacial score (nSPS) is 10.4. The van der Waals surface area contributed by atoms with Crippen molar-refractivity contribution in [2.24, 2.45) is 0 Å². The number of anilines is 1. The smallest absolute Gasteiger partial charge is 0.0455 e. The monoisotopic (exact) mass is 260 g/mol. The van der Waals surface area contributed by atoms with Gasteiger partial charge in [0, 0.05) is 29.1 Å². The molecule has 2 rings (SSSR count). The van der Waals surface area contributed by atoms with Crippen molar-refractivity contribution in [3.63, 3.8) is 0 Å². The number of benzene rings is 1. The number of aromatic nitrogens is 1. The topological polar surface area (TPSA) is 24.9 Å². The molecule has 1 heterocycles. The second-order valence-electron chi connectivity index (χ2n) is 4.45. The van der Waals surface area contributed by atoms with E-state index in [9.17, 15) is 0 Å². The number of nitrogens with zero attached hydrogens (tertiary/aromatic N) is 1. The third-order valence-electron chi connectivity index (χ3n) is 2.89. The lowest BCUT2D eigenvalue weighted by atomic mass is 10.2. The third-order valence-corrected chi connectivity index (χ3v) is 3.29. The maximum atomic E-state index is 6.08. The average Bonchev–Trinajstić information content (AvgIpc) is 2.36. The second-order valence-corrected chi connectivity index (χ2v) is 4.86. The first-order valence-corrected chi connectivity index (χ1v) is 6.44. The van der Waals surface area contributed by atoms with Crippen molar-refractivity contribution in [3.05, 3.63) is 58.4 Å². The van der Waals surface area contributed by atoms with Crippen LogP contribution in [0.2, 0.25) is 5.02 Å². The summed E-state index contributed by atoms with van der Waals surface area (Å²) < 4.78 is 0. The summed E-state index contributed by atoms with van der Waals surface area (Å²) in [7, 11) is 0. The van der Waals surface area contributed by atoms with Gasteiger partial charge in [-0.15, -0.1) is 0 Å². The Hall–Kier alpha value is -1.54. The molecule has 0 saturated heterocycles. The fourth-order valence-corrected chi connectivity index (χ4v) is 1.88. The van der Waals surface area contributed by atoms with Gasteiger partial charge in [0.1, 0.15) is 0 Å². The van der Waals surface area contributed by atoms with Crippen molar-refractivity contribution in [2.75, 3.05) is 11.9 Å². The van der Waals surface area contributed by atoms with Crippen LogP contribution in [-0.2, 0) is 6.42 Å². The van der Waals surface area contributed by atoms with E-state index in [0.29, 0.717) is 0 Å². The molecule has 0 radical (unpaired) electrons. The molecule has 0 amide bonds. The Bertz CT molecular complexity index is 521. The average molecular weight is 261 g/mol. The molecule has 94 valence electrons. The summed E-state index contributed by atoms with van der Waals surface area (Å²) in [4.78, 5) is 4.28. The van der Waals surface area contributed by atoms with E-state index in [1.165, 1.54) is 5.56 Å². The molecular formula is C15H17ClN2. The van der Waals surface area contributed by atoms with Gasteiger partial charge in [-0.3, -0.25) is 4.98 Å². The molecule has 0 saturated carbocycles. The van der Waals surface area contributed by atoms with Gasteiger partial charge in [0.25, 0.3) is 0 Å². The first kappa shape index (κ1) is 12.9. The van der Waals surface area contributed by atoms with Gasteiger partial charge in [-0.2, -0.15) is 0 Å². The van der Waals surface area contributed by atoms with Crippen LogP contribution in [0.4, 0.5) is 5.69 Å². The summed E-state index contributed by atoms with van der Waals surface area (Å²) in [5, 5.41) is 4.17. The Morgan fingerprint density at radius 3 is 2.67 bits per heavy atom. The quantitative estimate of drug-likeness (QED) is 0.899. The van der Waals surface area contributed by atoms with Crippen molar-refractivity contribution >= 4 is 17.3 Å². The number of rotatable bonds is 4. The predicted octanol–water partition coefficient (Wildman–Crippen LogP) is 4.01. The number of hydrogen-bond donors (Lipinski definition) is 1. The van der Waals surface area contributed by atoms with Gasteiger partial charge >= 0.3 is 0 Å². The van der Waals surface area contributed by atoms with Crippen LogP contribution in [0.15, 0.2) is 36.5 Å². The third kappa shape index (κ3) is 3.47. The number of nitrogens with one attached hydrogen (secondary N) is 1. The largest absolute Gasteiger partial charge is 0.385 e. The zero-order valence-electron chi connectivity index (χ0n) is 10.7. The summed E-state index contributed by atoms with van der Waals surface area (Å²) in [6.07, 6.45) is 2.89. The lowest BCUT2D eigenvalue weighted by molar-refractivity contribution is 0.997. The standard InChI is InChI=1S/C15H17ClN2/c1-11-3-6-14(9-15(11)16)17-8-7-13-5-4-12(2)18-10-13/h3-6,9-10,17H,7-8H2,1-2H3. The van der Waals surface area contributed by atoms with E-state index in [2.05, 4.69) is 22.4 Å². The first-order valence-electron chi connectivity index (χ1n) is 6.07. The van der Waals surface area contributed by atoms with Gasteiger partial charge in [0.15, 0.2) is 0 Å². The van der Waals surface area contributed by atoms with E-state index < -0.39 is 0 Å². The Labute approximate surface area is 113 Å². The van der Waals surface area contributed by atoms with Gasteiger partial charge < -0.3 is 5.32 Å². The van der Waals surface area contributed by atoms with E-state index >= 15 is 0 Å². The van der Waals surface area contributed by atoms with Gasteiger partial charge in [-0.1, -0.05) is 23.7 Å². The second kappa shape index (κ2) is 5.87. The van der Waals surface area contributed by atoms with E-state index in [1.54, 1.807) is 0 Å². The molecule has 0 aliphatic rings. The highest BCUT2D eigenvalue weighted by molar-refractivity contribution is 6.31. The maximum absolute atomic E-state index is 6.08. The molecule has 18 heavy (non-hydrogen) atoms. The SMILES string of the molecule is Cc1ccc(CCNc2ccc(C)c(Cl)c2)cn1.